The van der Waals surface area contributed by atoms with E-state index in [2.05, 4.69) is 11.6 Å². The Bertz CT molecular complexity index is 622. The summed E-state index contributed by atoms with van der Waals surface area (Å²) in [6, 6.07) is 0. The van der Waals surface area contributed by atoms with Crippen molar-refractivity contribution in [2.45, 2.75) is 26.4 Å². The summed E-state index contributed by atoms with van der Waals surface area (Å²) in [5, 5.41) is 2.24. The molecular formula is C16H19NO5S. The number of ether oxygens (including phenoxy) is 3. The summed E-state index contributed by atoms with van der Waals surface area (Å²) in [7, 11) is 0. The summed E-state index contributed by atoms with van der Waals surface area (Å²) in [6.07, 6.45) is 3.94. The van der Waals surface area contributed by atoms with Crippen LogP contribution in [0.1, 0.15) is 35.8 Å². The Morgan fingerprint density at radius 1 is 1.57 bits per heavy atom. The van der Waals surface area contributed by atoms with E-state index in [1.165, 1.54) is 18.3 Å². The molecule has 124 valence electrons. The van der Waals surface area contributed by atoms with Crippen LogP contribution in [0.2, 0.25) is 0 Å². The van der Waals surface area contributed by atoms with Crippen LogP contribution in [-0.2, 0) is 19.0 Å². The van der Waals surface area contributed by atoms with Crippen molar-refractivity contribution in [2.75, 3.05) is 13.2 Å². The van der Waals surface area contributed by atoms with Crippen LogP contribution < -0.4 is 0 Å². The summed E-state index contributed by atoms with van der Waals surface area (Å²) in [5.41, 5.74) is 0.263. The second-order valence-corrected chi connectivity index (χ2v) is 5.79. The maximum atomic E-state index is 11.7. The van der Waals surface area contributed by atoms with Crippen molar-refractivity contribution >= 4 is 29.0 Å². The molecule has 1 aliphatic heterocycles. The van der Waals surface area contributed by atoms with E-state index in [1.807, 2.05) is 6.08 Å². The lowest BCUT2D eigenvalue weighted by molar-refractivity contribution is -0.151. The van der Waals surface area contributed by atoms with Crippen molar-refractivity contribution in [2.24, 2.45) is 5.92 Å². The Balaban J connectivity index is 2.17. The summed E-state index contributed by atoms with van der Waals surface area (Å²) in [6.45, 7) is 7.39. The van der Waals surface area contributed by atoms with Crippen LogP contribution in [0.3, 0.4) is 0 Å². The molecule has 2 heterocycles. The molecule has 0 saturated heterocycles. The van der Waals surface area contributed by atoms with Crippen LogP contribution in [0, 0.1) is 5.92 Å². The lowest BCUT2D eigenvalue weighted by Crippen LogP contribution is -2.32. The number of hydrogen-bond acceptors (Lipinski definition) is 7. The molecule has 0 fully saturated rings. The highest BCUT2D eigenvalue weighted by Crippen LogP contribution is 2.30. The van der Waals surface area contributed by atoms with Crippen molar-refractivity contribution in [1.29, 1.82) is 0 Å². The number of nitrogens with zero attached hydrogens (tertiary/aromatic N) is 1. The number of carbonyl (C=O) groups excluding carboxylic acids is 2. The van der Waals surface area contributed by atoms with Crippen molar-refractivity contribution < 1.29 is 23.8 Å². The summed E-state index contributed by atoms with van der Waals surface area (Å²) in [4.78, 5) is 27.1. The molecule has 0 aromatic carbocycles. The first-order valence-electron chi connectivity index (χ1n) is 7.30. The van der Waals surface area contributed by atoms with Crippen LogP contribution in [0.25, 0.3) is 5.76 Å². The third kappa shape index (κ3) is 4.41. The molecule has 23 heavy (non-hydrogen) atoms. The van der Waals surface area contributed by atoms with Gasteiger partial charge in [0, 0.05) is 18.2 Å². The Kier molecular flexibility index (Phi) is 5.92. The van der Waals surface area contributed by atoms with Gasteiger partial charge in [0.2, 0.25) is 0 Å². The van der Waals surface area contributed by atoms with E-state index in [0.29, 0.717) is 23.8 Å². The second-order valence-electron chi connectivity index (χ2n) is 4.94. The molecule has 0 radical (unpaired) electrons. The van der Waals surface area contributed by atoms with Gasteiger partial charge in [-0.3, -0.25) is 4.79 Å². The van der Waals surface area contributed by atoms with E-state index < -0.39 is 5.97 Å². The van der Waals surface area contributed by atoms with E-state index in [0.717, 1.165) is 0 Å². The molecule has 1 aromatic rings. The van der Waals surface area contributed by atoms with Crippen molar-refractivity contribution in [3.8, 4) is 0 Å². The molecule has 6 nitrogen and oxygen atoms in total. The van der Waals surface area contributed by atoms with Crippen LogP contribution >= 0.6 is 11.3 Å². The molecule has 1 aliphatic rings. The van der Waals surface area contributed by atoms with Crippen LogP contribution in [0.4, 0.5) is 0 Å². The van der Waals surface area contributed by atoms with Gasteiger partial charge in [-0.2, -0.15) is 0 Å². The number of rotatable bonds is 6. The largest absolute Gasteiger partial charge is 0.487 e. The smallest absolute Gasteiger partial charge is 0.357 e. The predicted octanol–water partition coefficient (Wildman–Crippen LogP) is 2.81. The van der Waals surface area contributed by atoms with Gasteiger partial charge in [-0.25, -0.2) is 9.78 Å². The van der Waals surface area contributed by atoms with Crippen LogP contribution in [-0.4, -0.2) is 36.2 Å². The van der Waals surface area contributed by atoms with Gasteiger partial charge in [-0.05, 0) is 19.4 Å². The van der Waals surface area contributed by atoms with E-state index in [4.69, 9.17) is 14.2 Å². The Hall–Kier alpha value is -2.15. The molecule has 0 bridgehead atoms. The van der Waals surface area contributed by atoms with E-state index in [-0.39, 0.29) is 30.3 Å². The van der Waals surface area contributed by atoms with E-state index in [9.17, 15) is 9.59 Å². The van der Waals surface area contributed by atoms with Gasteiger partial charge < -0.3 is 14.2 Å². The molecule has 0 spiro atoms. The first-order valence-corrected chi connectivity index (χ1v) is 8.18. The van der Waals surface area contributed by atoms with Crippen molar-refractivity contribution in [3.63, 3.8) is 0 Å². The number of aromatic nitrogens is 1. The van der Waals surface area contributed by atoms with Crippen LogP contribution in [0.15, 0.2) is 24.1 Å². The Morgan fingerprint density at radius 2 is 2.35 bits per heavy atom. The number of carbonyl (C=O) groups is 2. The molecule has 2 rings (SSSR count). The third-order valence-electron chi connectivity index (χ3n) is 3.20. The molecule has 0 amide bonds. The van der Waals surface area contributed by atoms with Gasteiger partial charge in [0.25, 0.3) is 0 Å². The predicted molar refractivity (Wildman–Crippen MR) is 85.9 cm³/mol. The minimum absolute atomic E-state index is 0.0323. The normalized spacial score (nSPS) is 20.2. The minimum Gasteiger partial charge on any atom is -0.487 e. The molecule has 0 aliphatic carbocycles. The molecule has 2 atom stereocenters. The first-order chi connectivity index (χ1) is 11.0. The Labute approximate surface area is 138 Å². The highest BCUT2D eigenvalue weighted by atomic mass is 32.1. The molecule has 0 N–H and O–H groups in total. The fourth-order valence-electron chi connectivity index (χ4n) is 2.21. The maximum absolute atomic E-state index is 11.7. The van der Waals surface area contributed by atoms with E-state index >= 15 is 0 Å². The molecule has 0 unspecified atom stereocenters. The summed E-state index contributed by atoms with van der Waals surface area (Å²) >= 11 is 1.31. The first kappa shape index (κ1) is 17.2. The van der Waals surface area contributed by atoms with Crippen LogP contribution in [0.5, 0.6) is 0 Å². The van der Waals surface area contributed by atoms with Gasteiger partial charge in [0.05, 0.1) is 6.61 Å². The topological polar surface area (TPSA) is 74.7 Å². The molecule has 1 aromatic heterocycles. The summed E-state index contributed by atoms with van der Waals surface area (Å²) in [5.74, 6) is -0.244. The SMILES string of the molecule is C=CC[C@@H]1C=C(c2nc(C(=O)OCC)cs2)OC[C@H]1OC(C)=O. The number of hydrogen-bond donors (Lipinski definition) is 0. The standard InChI is InChI=1S/C16H19NO5S/c1-4-6-11-7-13(21-8-14(11)22-10(3)18)15-17-12(9-23-15)16(19)20-5-2/h4,7,9,11,14H,1,5-6,8H2,2-3H3/t11-,14-/m1/s1. The summed E-state index contributed by atoms with van der Waals surface area (Å²) < 4.78 is 15.8. The number of esters is 2. The quantitative estimate of drug-likeness (QED) is 0.587. The average molecular weight is 337 g/mol. The minimum atomic E-state index is -0.452. The van der Waals surface area contributed by atoms with E-state index in [1.54, 1.807) is 18.4 Å². The molecule has 0 saturated carbocycles. The average Bonchev–Trinajstić information content (AvgIpc) is 2.99. The zero-order valence-corrected chi connectivity index (χ0v) is 13.9. The fourth-order valence-corrected chi connectivity index (χ4v) is 2.98. The van der Waals surface area contributed by atoms with Gasteiger partial charge in [-0.1, -0.05) is 6.08 Å². The van der Waals surface area contributed by atoms with Gasteiger partial charge >= 0.3 is 11.9 Å². The van der Waals surface area contributed by atoms with Crippen molar-refractivity contribution in [1.82, 2.24) is 4.98 Å². The highest BCUT2D eigenvalue weighted by molar-refractivity contribution is 7.10. The third-order valence-corrected chi connectivity index (χ3v) is 4.06. The maximum Gasteiger partial charge on any atom is 0.357 e. The van der Waals surface area contributed by atoms with Gasteiger partial charge in [0.1, 0.15) is 12.7 Å². The molecule has 7 heteroatoms. The van der Waals surface area contributed by atoms with Gasteiger partial charge in [0.15, 0.2) is 16.5 Å². The van der Waals surface area contributed by atoms with Gasteiger partial charge in [-0.15, -0.1) is 17.9 Å². The van der Waals surface area contributed by atoms with Crippen molar-refractivity contribution in [3.05, 3.63) is 34.8 Å². The Morgan fingerprint density at radius 3 is 3.00 bits per heavy atom. The number of thiazole rings is 1. The highest BCUT2D eigenvalue weighted by Gasteiger charge is 2.29. The molecular weight excluding hydrogens is 318 g/mol. The lowest BCUT2D eigenvalue weighted by Gasteiger charge is -2.28. The monoisotopic (exact) mass is 337 g/mol. The zero-order valence-electron chi connectivity index (χ0n) is 13.1. The second kappa shape index (κ2) is 7.92. The zero-order chi connectivity index (χ0) is 16.8. The number of allylic oxidation sites excluding steroid dienone is 1. The lowest BCUT2D eigenvalue weighted by atomic mass is 9.96. The fraction of sp³-hybridized carbons (Fsp3) is 0.438.